The summed E-state index contributed by atoms with van der Waals surface area (Å²) in [5, 5.41) is 3.36. The molecule has 0 radical (unpaired) electrons. The van der Waals surface area contributed by atoms with Crippen LogP contribution in [0.1, 0.15) is 44.1 Å². The third-order valence-corrected chi connectivity index (χ3v) is 5.19. The summed E-state index contributed by atoms with van der Waals surface area (Å²) in [5.41, 5.74) is 2.28. The van der Waals surface area contributed by atoms with Crippen molar-refractivity contribution in [2.75, 3.05) is 19.6 Å². The molecule has 134 valence electrons. The maximum absolute atomic E-state index is 12.3. The molecular formula is C20H28N4O. The number of carbonyl (C=O) groups is 1. The van der Waals surface area contributed by atoms with Crippen molar-refractivity contribution in [2.24, 2.45) is 5.92 Å². The van der Waals surface area contributed by atoms with E-state index in [4.69, 9.17) is 0 Å². The Bertz CT molecular complexity index is 699. The van der Waals surface area contributed by atoms with Crippen LogP contribution in [0.5, 0.6) is 0 Å². The van der Waals surface area contributed by atoms with Crippen molar-refractivity contribution in [1.82, 2.24) is 19.8 Å². The third kappa shape index (κ3) is 4.28. The summed E-state index contributed by atoms with van der Waals surface area (Å²) in [7, 11) is 0. The Labute approximate surface area is 150 Å². The van der Waals surface area contributed by atoms with Gasteiger partial charge in [0, 0.05) is 37.2 Å². The summed E-state index contributed by atoms with van der Waals surface area (Å²) >= 11 is 0. The SMILES string of the molecule is Cc1nccn1-c1ccc(C(C)NCC(=O)N2CCC(C)CC2)cc1. The lowest BCUT2D eigenvalue weighted by molar-refractivity contribution is -0.131. The first kappa shape index (κ1) is 17.7. The fourth-order valence-corrected chi connectivity index (χ4v) is 3.30. The minimum Gasteiger partial charge on any atom is -0.342 e. The fourth-order valence-electron chi connectivity index (χ4n) is 3.30. The molecule has 1 fully saturated rings. The van der Waals surface area contributed by atoms with Crippen molar-refractivity contribution >= 4 is 5.91 Å². The van der Waals surface area contributed by atoms with Crippen molar-refractivity contribution in [3.63, 3.8) is 0 Å². The van der Waals surface area contributed by atoms with Gasteiger partial charge in [-0.25, -0.2) is 4.98 Å². The lowest BCUT2D eigenvalue weighted by Gasteiger charge is -2.30. The molecule has 1 aliphatic rings. The highest BCUT2D eigenvalue weighted by molar-refractivity contribution is 5.78. The molecule has 1 atom stereocenters. The van der Waals surface area contributed by atoms with E-state index >= 15 is 0 Å². The fraction of sp³-hybridized carbons (Fsp3) is 0.500. The zero-order valence-electron chi connectivity index (χ0n) is 15.4. The Morgan fingerprint density at radius 3 is 2.56 bits per heavy atom. The number of hydrogen-bond donors (Lipinski definition) is 1. The number of imidazole rings is 1. The number of nitrogens with zero attached hydrogens (tertiary/aromatic N) is 3. The molecule has 2 heterocycles. The minimum absolute atomic E-state index is 0.144. The number of likely N-dealkylation sites (tertiary alicyclic amines) is 1. The highest BCUT2D eigenvalue weighted by Gasteiger charge is 2.20. The summed E-state index contributed by atoms with van der Waals surface area (Å²) in [5.74, 6) is 1.93. The normalized spacial score (nSPS) is 16.8. The second kappa shape index (κ2) is 7.83. The minimum atomic E-state index is 0.144. The number of hydrogen-bond acceptors (Lipinski definition) is 3. The quantitative estimate of drug-likeness (QED) is 0.910. The van der Waals surface area contributed by atoms with E-state index in [0.29, 0.717) is 6.54 Å². The van der Waals surface area contributed by atoms with Gasteiger partial charge in [-0.3, -0.25) is 4.79 Å². The van der Waals surface area contributed by atoms with Gasteiger partial charge in [-0.05, 0) is 50.3 Å². The molecule has 3 rings (SSSR count). The van der Waals surface area contributed by atoms with Gasteiger partial charge < -0.3 is 14.8 Å². The average molecular weight is 340 g/mol. The Balaban J connectivity index is 1.54. The van der Waals surface area contributed by atoms with Crippen molar-refractivity contribution in [3.05, 3.63) is 48.0 Å². The van der Waals surface area contributed by atoms with E-state index in [-0.39, 0.29) is 11.9 Å². The molecule has 25 heavy (non-hydrogen) atoms. The molecule has 1 unspecified atom stereocenters. The van der Waals surface area contributed by atoms with Crippen molar-refractivity contribution in [3.8, 4) is 5.69 Å². The Kier molecular flexibility index (Phi) is 5.53. The van der Waals surface area contributed by atoms with Gasteiger partial charge in [-0.2, -0.15) is 0 Å². The number of piperidine rings is 1. The number of benzene rings is 1. The zero-order valence-corrected chi connectivity index (χ0v) is 15.4. The number of aromatic nitrogens is 2. The van der Waals surface area contributed by atoms with E-state index in [2.05, 4.69) is 53.0 Å². The summed E-state index contributed by atoms with van der Waals surface area (Å²) in [6.07, 6.45) is 6.01. The van der Waals surface area contributed by atoms with Crippen LogP contribution in [0.2, 0.25) is 0 Å². The molecule has 1 saturated heterocycles. The van der Waals surface area contributed by atoms with Gasteiger partial charge in [0.15, 0.2) is 0 Å². The summed E-state index contributed by atoms with van der Waals surface area (Å²) in [4.78, 5) is 18.6. The largest absolute Gasteiger partial charge is 0.342 e. The van der Waals surface area contributed by atoms with Gasteiger partial charge in [0.2, 0.25) is 5.91 Å². The van der Waals surface area contributed by atoms with E-state index in [9.17, 15) is 4.79 Å². The van der Waals surface area contributed by atoms with E-state index in [1.165, 1.54) is 5.56 Å². The Hall–Kier alpha value is -2.14. The molecule has 2 aromatic rings. The highest BCUT2D eigenvalue weighted by Crippen LogP contribution is 2.18. The lowest BCUT2D eigenvalue weighted by Crippen LogP contribution is -2.43. The lowest BCUT2D eigenvalue weighted by atomic mass is 9.99. The Morgan fingerprint density at radius 1 is 1.28 bits per heavy atom. The molecule has 0 bridgehead atoms. The molecule has 1 aromatic heterocycles. The Morgan fingerprint density at radius 2 is 1.96 bits per heavy atom. The first-order valence-electron chi connectivity index (χ1n) is 9.16. The van der Waals surface area contributed by atoms with Crippen LogP contribution in [0.3, 0.4) is 0 Å². The number of aryl methyl sites for hydroxylation is 1. The van der Waals surface area contributed by atoms with Crippen LogP contribution >= 0.6 is 0 Å². The smallest absolute Gasteiger partial charge is 0.236 e. The zero-order chi connectivity index (χ0) is 17.8. The molecular weight excluding hydrogens is 312 g/mol. The van der Waals surface area contributed by atoms with E-state index in [1.54, 1.807) is 6.20 Å². The predicted molar refractivity (Wildman–Crippen MR) is 99.7 cm³/mol. The molecule has 0 saturated carbocycles. The second-order valence-corrected chi connectivity index (χ2v) is 7.10. The maximum Gasteiger partial charge on any atom is 0.236 e. The third-order valence-electron chi connectivity index (χ3n) is 5.19. The molecule has 1 aromatic carbocycles. The van der Waals surface area contributed by atoms with Crippen molar-refractivity contribution in [2.45, 2.75) is 39.7 Å². The molecule has 5 heteroatoms. The summed E-state index contributed by atoms with van der Waals surface area (Å²) in [6.45, 7) is 8.55. The number of rotatable bonds is 5. The summed E-state index contributed by atoms with van der Waals surface area (Å²) < 4.78 is 2.06. The number of nitrogens with one attached hydrogen (secondary N) is 1. The number of carbonyl (C=O) groups excluding carboxylic acids is 1. The number of amides is 1. The van der Waals surface area contributed by atoms with Crippen LogP contribution in [-0.4, -0.2) is 40.0 Å². The molecule has 0 spiro atoms. The van der Waals surface area contributed by atoms with Gasteiger partial charge >= 0.3 is 0 Å². The topological polar surface area (TPSA) is 50.2 Å². The van der Waals surface area contributed by atoms with Crippen LogP contribution < -0.4 is 5.32 Å². The molecule has 1 amide bonds. The molecule has 5 nitrogen and oxygen atoms in total. The molecule has 1 aliphatic heterocycles. The van der Waals surface area contributed by atoms with Crippen LogP contribution in [0.15, 0.2) is 36.7 Å². The summed E-state index contributed by atoms with van der Waals surface area (Å²) in [6, 6.07) is 8.55. The van der Waals surface area contributed by atoms with Gasteiger partial charge in [0.25, 0.3) is 0 Å². The average Bonchev–Trinajstić information content (AvgIpc) is 3.06. The van der Waals surface area contributed by atoms with Crippen LogP contribution in [-0.2, 0) is 4.79 Å². The van der Waals surface area contributed by atoms with Gasteiger partial charge in [0.1, 0.15) is 5.82 Å². The maximum atomic E-state index is 12.3. The van der Waals surface area contributed by atoms with E-state index in [1.807, 2.05) is 18.0 Å². The van der Waals surface area contributed by atoms with Crippen LogP contribution in [0, 0.1) is 12.8 Å². The highest BCUT2D eigenvalue weighted by atomic mass is 16.2. The standard InChI is InChI=1S/C20H28N4O/c1-15-8-11-23(12-9-15)20(25)14-22-16(2)18-4-6-19(7-5-18)24-13-10-21-17(24)3/h4-7,10,13,15-16,22H,8-9,11-12,14H2,1-3H3. The predicted octanol–water partition coefficient (Wildman–Crippen LogP) is 3.09. The van der Waals surface area contributed by atoms with Gasteiger partial charge in [0.05, 0.1) is 6.54 Å². The van der Waals surface area contributed by atoms with Crippen LogP contribution in [0.4, 0.5) is 0 Å². The van der Waals surface area contributed by atoms with E-state index < -0.39 is 0 Å². The van der Waals surface area contributed by atoms with Crippen molar-refractivity contribution < 1.29 is 4.79 Å². The molecule has 1 N–H and O–H groups in total. The monoisotopic (exact) mass is 340 g/mol. The van der Waals surface area contributed by atoms with Gasteiger partial charge in [-0.1, -0.05) is 19.1 Å². The first-order chi connectivity index (χ1) is 12.0. The second-order valence-electron chi connectivity index (χ2n) is 7.10. The van der Waals surface area contributed by atoms with Crippen LogP contribution in [0.25, 0.3) is 5.69 Å². The van der Waals surface area contributed by atoms with Crippen molar-refractivity contribution in [1.29, 1.82) is 0 Å². The van der Waals surface area contributed by atoms with E-state index in [0.717, 1.165) is 43.4 Å². The molecule has 0 aliphatic carbocycles. The first-order valence-corrected chi connectivity index (χ1v) is 9.16. The van der Waals surface area contributed by atoms with Gasteiger partial charge in [-0.15, -0.1) is 0 Å².